The zero-order valence-corrected chi connectivity index (χ0v) is 16.3. The first kappa shape index (κ1) is 17.6. The zero-order valence-electron chi connectivity index (χ0n) is 16.3. The van der Waals surface area contributed by atoms with Crippen LogP contribution >= 0.6 is 0 Å². The number of rotatable bonds is 5. The predicted octanol–water partition coefficient (Wildman–Crippen LogP) is 5.95. The number of hydrogen-bond acceptors (Lipinski definition) is 2. The monoisotopic (exact) mass is 373 g/mol. The van der Waals surface area contributed by atoms with Gasteiger partial charge in [0.15, 0.2) is 5.65 Å². The lowest BCUT2D eigenvalue weighted by Crippen LogP contribution is -2.49. The van der Waals surface area contributed by atoms with E-state index in [0.29, 0.717) is 16.7 Å². The summed E-state index contributed by atoms with van der Waals surface area (Å²) >= 11 is 0. The number of hydrogen-bond donors (Lipinski definition) is 0. The van der Waals surface area contributed by atoms with Crippen LogP contribution in [0.3, 0.4) is 0 Å². The summed E-state index contributed by atoms with van der Waals surface area (Å²) < 4.78 is 29.9. The van der Waals surface area contributed by atoms with Gasteiger partial charge in [-0.25, -0.2) is 18.4 Å². The van der Waals surface area contributed by atoms with Crippen molar-refractivity contribution in [3.8, 4) is 0 Å². The van der Waals surface area contributed by atoms with Crippen LogP contribution in [0.15, 0.2) is 6.07 Å². The van der Waals surface area contributed by atoms with Gasteiger partial charge in [-0.1, -0.05) is 13.3 Å². The number of nitrogens with zero attached hydrogens (tertiary/aromatic N) is 3. The Morgan fingerprint density at radius 2 is 1.78 bits per heavy atom. The van der Waals surface area contributed by atoms with E-state index in [2.05, 4.69) is 12.0 Å². The number of aryl methyl sites for hydroxylation is 2. The average molecular weight is 373 g/mol. The lowest BCUT2D eigenvalue weighted by atomic mass is 9.48. The summed E-state index contributed by atoms with van der Waals surface area (Å²) in [6.07, 6.45) is 7.02. The van der Waals surface area contributed by atoms with E-state index in [1.165, 1.54) is 19.3 Å². The molecule has 0 radical (unpaired) electrons. The van der Waals surface area contributed by atoms with Gasteiger partial charge < -0.3 is 0 Å². The highest BCUT2D eigenvalue weighted by Crippen LogP contribution is 2.60. The summed E-state index contributed by atoms with van der Waals surface area (Å²) in [7, 11) is 0. The Kier molecular flexibility index (Phi) is 4.07. The third kappa shape index (κ3) is 2.72. The van der Waals surface area contributed by atoms with Crippen LogP contribution in [-0.4, -0.2) is 14.8 Å². The number of fused-ring (bicyclic) bond motifs is 1. The quantitative estimate of drug-likeness (QED) is 0.649. The summed E-state index contributed by atoms with van der Waals surface area (Å²) in [5, 5.41) is 5.16. The fraction of sp³-hybridized carbons (Fsp3) is 0.727. The molecule has 0 amide bonds. The predicted molar refractivity (Wildman–Crippen MR) is 102 cm³/mol. The number of pyridine rings is 1. The molecule has 4 aliphatic rings. The topological polar surface area (TPSA) is 30.7 Å². The van der Waals surface area contributed by atoms with Gasteiger partial charge >= 0.3 is 0 Å². The summed E-state index contributed by atoms with van der Waals surface area (Å²) in [4.78, 5) is 5.05. The fourth-order valence-corrected chi connectivity index (χ4v) is 6.72. The van der Waals surface area contributed by atoms with Crippen molar-refractivity contribution in [1.82, 2.24) is 14.8 Å². The Bertz CT molecular complexity index is 835. The van der Waals surface area contributed by atoms with E-state index >= 15 is 0 Å². The third-order valence-corrected chi connectivity index (χ3v) is 7.45. The van der Waals surface area contributed by atoms with E-state index in [0.717, 1.165) is 62.1 Å². The Morgan fingerprint density at radius 3 is 2.33 bits per heavy atom. The minimum atomic E-state index is -2.48. The molecule has 0 aliphatic heterocycles. The van der Waals surface area contributed by atoms with Crippen molar-refractivity contribution in [1.29, 1.82) is 0 Å². The molecule has 2 aromatic rings. The van der Waals surface area contributed by atoms with Crippen LogP contribution in [-0.2, 0) is 12.0 Å². The second kappa shape index (κ2) is 6.25. The lowest BCUT2D eigenvalue weighted by Gasteiger charge is -2.56. The first-order chi connectivity index (χ1) is 13.0. The van der Waals surface area contributed by atoms with Crippen LogP contribution in [0.25, 0.3) is 11.0 Å². The van der Waals surface area contributed by atoms with Gasteiger partial charge in [0.05, 0.1) is 11.1 Å². The van der Waals surface area contributed by atoms with Crippen molar-refractivity contribution in [2.45, 2.75) is 83.6 Å². The molecule has 5 heteroatoms. The van der Waals surface area contributed by atoms with E-state index in [9.17, 15) is 8.78 Å². The van der Waals surface area contributed by atoms with Crippen LogP contribution in [0.4, 0.5) is 8.78 Å². The summed E-state index contributed by atoms with van der Waals surface area (Å²) in [6.45, 7) is 4.72. The van der Waals surface area contributed by atoms with E-state index in [1.807, 2.05) is 11.6 Å². The highest BCUT2D eigenvalue weighted by molar-refractivity contribution is 5.83. The van der Waals surface area contributed by atoms with E-state index < -0.39 is 6.43 Å². The standard InChI is InChI=1S/C22H29F2N3/c1-3-4-5-27-21-19(13(2)26-27)17(20(23)24)9-18(25-21)22-10-14-6-15(11-22)8-16(7-14)12-22/h9,14-16,20H,3-8,10-12H2,1-2H3. The van der Waals surface area contributed by atoms with Crippen LogP contribution in [0, 0.1) is 24.7 Å². The van der Waals surface area contributed by atoms with E-state index in [1.54, 1.807) is 6.07 Å². The number of alkyl halides is 2. The molecule has 0 aromatic carbocycles. The smallest absolute Gasteiger partial charge is 0.247 e. The summed E-state index contributed by atoms with van der Waals surface area (Å²) in [5.74, 6) is 2.32. The number of aromatic nitrogens is 3. The molecule has 146 valence electrons. The molecular weight excluding hydrogens is 344 g/mol. The third-order valence-electron chi connectivity index (χ3n) is 7.45. The van der Waals surface area contributed by atoms with Crippen molar-refractivity contribution in [3.05, 3.63) is 23.0 Å². The SMILES string of the molecule is CCCCn1nc(C)c2c(C(F)F)cc(C34CC5CC(CC(C5)C3)C4)nc21. The van der Waals surface area contributed by atoms with Gasteiger partial charge in [-0.2, -0.15) is 5.10 Å². The number of unbranched alkanes of at least 4 members (excludes halogenated alkanes) is 1. The van der Waals surface area contributed by atoms with E-state index in [-0.39, 0.29) is 11.0 Å². The van der Waals surface area contributed by atoms with Crippen molar-refractivity contribution in [2.75, 3.05) is 0 Å². The molecule has 4 fully saturated rings. The molecular formula is C22H29F2N3. The molecule has 27 heavy (non-hydrogen) atoms. The minimum absolute atomic E-state index is 0.0281. The Morgan fingerprint density at radius 1 is 1.15 bits per heavy atom. The van der Waals surface area contributed by atoms with Crippen LogP contribution in [0.2, 0.25) is 0 Å². The molecule has 4 bridgehead atoms. The molecule has 6 rings (SSSR count). The maximum atomic E-state index is 14.0. The van der Waals surface area contributed by atoms with Gasteiger partial charge in [-0.3, -0.25) is 0 Å². The second-order valence-electron chi connectivity index (χ2n) is 9.46. The molecule has 3 nitrogen and oxygen atoms in total. The molecule has 4 saturated carbocycles. The molecule has 0 spiro atoms. The van der Waals surface area contributed by atoms with Crippen LogP contribution in [0.5, 0.6) is 0 Å². The van der Waals surface area contributed by atoms with Crippen molar-refractivity contribution in [2.24, 2.45) is 17.8 Å². The van der Waals surface area contributed by atoms with Gasteiger partial charge in [-0.15, -0.1) is 0 Å². The first-order valence-electron chi connectivity index (χ1n) is 10.7. The van der Waals surface area contributed by atoms with Gasteiger partial charge in [0.2, 0.25) is 0 Å². The molecule has 2 aromatic heterocycles. The van der Waals surface area contributed by atoms with E-state index in [4.69, 9.17) is 4.98 Å². The minimum Gasteiger partial charge on any atom is -0.247 e. The Balaban J connectivity index is 1.67. The maximum Gasteiger partial charge on any atom is 0.264 e. The summed E-state index contributed by atoms with van der Waals surface area (Å²) in [6, 6.07) is 1.75. The van der Waals surface area contributed by atoms with Gasteiger partial charge in [0.25, 0.3) is 6.43 Å². The molecule has 0 unspecified atom stereocenters. The number of halogens is 2. The van der Waals surface area contributed by atoms with Gasteiger partial charge in [0.1, 0.15) is 0 Å². The zero-order chi connectivity index (χ0) is 18.8. The molecule has 0 N–H and O–H groups in total. The Labute approximate surface area is 159 Å². The highest BCUT2D eigenvalue weighted by Gasteiger charge is 2.52. The van der Waals surface area contributed by atoms with Crippen molar-refractivity contribution in [3.63, 3.8) is 0 Å². The maximum absolute atomic E-state index is 14.0. The fourth-order valence-electron chi connectivity index (χ4n) is 6.72. The van der Waals surface area contributed by atoms with Crippen LogP contribution < -0.4 is 0 Å². The molecule has 2 heterocycles. The van der Waals surface area contributed by atoms with Gasteiger partial charge in [0, 0.05) is 23.2 Å². The van der Waals surface area contributed by atoms with Crippen LogP contribution in [0.1, 0.15) is 81.7 Å². The first-order valence-corrected chi connectivity index (χ1v) is 10.7. The largest absolute Gasteiger partial charge is 0.264 e. The average Bonchev–Trinajstić information content (AvgIpc) is 2.94. The second-order valence-corrected chi connectivity index (χ2v) is 9.46. The van der Waals surface area contributed by atoms with Crippen molar-refractivity contribution < 1.29 is 8.78 Å². The summed E-state index contributed by atoms with van der Waals surface area (Å²) in [5.41, 5.74) is 2.47. The lowest BCUT2D eigenvalue weighted by molar-refractivity contribution is -0.00722. The Hall–Kier alpha value is -1.52. The highest BCUT2D eigenvalue weighted by atomic mass is 19.3. The molecule has 0 atom stereocenters. The normalized spacial score (nSPS) is 32.1. The molecule has 4 aliphatic carbocycles. The van der Waals surface area contributed by atoms with Gasteiger partial charge in [-0.05, 0) is 75.7 Å². The molecule has 0 saturated heterocycles. The van der Waals surface area contributed by atoms with Crippen molar-refractivity contribution >= 4 is 11.0 Å².